The topological polar surface area (TPSA) is 39.2 Å². The zero-order chi connectivity index (χ0) is 10.7. The molecule has 1 aromatic heterocycles. The lowest BCUT2D eigenvalue weighted by Gasteiger charge is -2.12. The molecule has 0 N–H and O–H groups in total. The zero-order valence-corrected chi connectivity index (χ0v) is 8.83. The van der Waals surface area contributed by atoms with Gasteiger partial charge < -0.3 is 4.74 Å². The number of carbonyl (C=O) groups is 1. The van der Waals surface area contributed by atoms with Gasteiger partial charge in [-0.25, -0.2) is 4.98 Å². The van der Waals surface area contributed by atoms with Gasteiger partial charge in [0.05, 0.1) is 12.9 Å². The molecule has 78 valence electrons. The number of ketones is 1. The van der Waals surface area contributed by atoms with Crippen LogP contribution in [0.3, 0.4) is 0 Å². The summed E-state index contributed by atoms with van der Waals surface area (Å²) in [6, 6.07) is 3.28. The molecule has 0 atom stereocenters. The molecule has 4 heteroatoms. The van der Waals surface area contributed by atoms with Crippen molar-refractivity contribution >= 4 is 17.4 Å². The first kappa shape index (κ1) is 10.2. The maximum atomic E-state index is 11.9. The fourth-order valence-electron chi connectivity index (χ4n) is 1.43. The maximum Gasteiger partial charge on any atom is 0.193 e. The first-order chi connectivity index (χ1) is 7.27. The van der Waals surface area contributed by atoms with Gasteiger partial charge in [-0.05, 0) is 25.0 Å². The van der Waals surface area contributed by atoms with E-state index < -0.39 is 0 Å². The highest BCUT2D eigenvalue weighted by Gasteiger charge is 2.15. The third-order valence-electron chi connectivity index (χ3n) is 2.22. The van der Waals surface area contributed by atoms with E-state index in [1.165, 1.54) is 6.20 Å². The predicted octanol–water partition coefficient (Wildman–Crippen LogP) is 2.61. The molecule has 2 rings (SSSR count). The Kier molecular flexibility index (Phi) is 3.02. The molecule has 0 saturated heterocycles. The van der Waals surface area contributed by atoms with E-state index in [-0.39, 0.29) is 5.78 Å². The summed E-state index contributed by atoms with van der Waals surface area (Å²) in [6.07, 6.45) is 4.68. The van der Waals surface area contributed by atoms with Crippen molar-refractivity contribution in [3.63, 3.8) is 0 Å². The van der Waals surface area contributed by atoms with Crippen LogP contribution in [0.5, 0.6) is 0 Å². The van der Waals surface area contributed by atoms with Crippen molar-refractivity contribution in [2.75, 3.05) is 6.61 Å². The van der Waals surface area contributed by atoms with Gasteiger partial charge >= 0.3 is 0 Å². The number of allylic oxidation sites excluding steroid dienone is 1. The molecule has 0 saturated carbocycles. The van der Waals surface area contributed by atoms with E-state index in [9.17, 15) is 4.79 Å². The smallest absolute Gasteiger partial charge is 0.193 e. The van der Waals surface area contributed by atoms with Crippen LogP contribution in [-0.4, -0.2) is 17.4 Å². The molecule has 1 aliphatic rings. The van der Waals surface area contributed by atoms with Gasteiger partial charge in [-0.1, -0.05) is 11.6 Å². The number of nitrogens with zero attached hydrogens (tertiary/aromatic N) is 1. The van der Waals surface area contributed by atoms with Crippen molar-refractivity contribution in [3.8, 4) is 0 Å². The quantitative estimate of drug-likeness (QED) is 0.572. The number of hydrogen-bond acceptors (Lipinski definition) is 3. The van der Waals surface area contributed by atoms with E-state index in [4.69, 9.17) is 16.3 Å². The Hall–Kier alpha value is -1.35. The van der Waals surface area contributed by atoms with Crippen molar-refractivity contribution in [1.82, 2.24) is 4.98 Å². The normalized spacial score (nSPS) is 15.4. The van der Waals surface area contributed by atoms with Gasteiger partial charge in [-0.2, -0.15) is 0 Å². The minimum atomic E-state index is -0.0288. The van der Waals surface area contributed by atoms with Crippen LogP contribution in [-0.2, 0) is 4.74 Å². The van der Waals surface area contributed by atoms with E-state index in [0.29, 0.717) is 22.9 Å². The monoisotopic (exact) mass is 223 g/mol. The maximum absolute atomic E-state index is 11.9. The van der Waals surface area contributed by atoms with Crippen molar-refractivity contribution in [1.29, 1.82) is 0 Å². The summed E-state index contributed by atoms with van der Waals surface area (Å²) in [5.41, 5.74) is 1.25. The van der Waals surface area contributed by atoms with Crippen LogP contribution in [0.1, 0.15) is 23.2 Å². The van der Waals surface area contributed by atoms with Gasteiger partial charge in [0.1, 0.15) is 5.15 Å². The molecule has 0 amide bonds. The lowest BCUT2D eigenvalue weighted by atomic mass is 10.0. The SMILES string of the molecule is O=C(C1=COCCC1)c1ccc(Cl)nc1. The second kappa shape index (κ2) is 4.45. The molecule has 0 aliphatic carbocycles. The first-order valence-corrected chi connectivity index (χ1v) is 5.12. The Morgan fingerprint density at radius 3 is 2.93 bits per heavy atom. The number of carbonyl (C=O) groups excluding carboxylic acids is 1. The van der Waals surface area contributed by atoms with E-state index >= 15 is 0 Å². The van der Waals surface area contributed by atoms with Crippen LogP contribution < -0.4 is 0 Å². The molecular formula is C11H10ClNO2. The average Bonchev–Trinajstić information content (AvgIpc) is 2.30. The van der Waals surface area contributed by atoms with E-state index in [2.05, 4.69) is 4.98 Å². The predicted molar refractivity (Wildman–Crippen MR) is 56.8 cm³/mol. The number of pyridine rings is 1. The number of rotatable bonds is 2. The third kappa shape index (κ3) is 2.36. The minimum absolute atomic E-state index is 0.0288. The number of hydrogen-bond donors (Lipinski definition) is 0. The Morgan fingerprint density at radius 2 is 2.33 bits per heavy atom. The molecular weight excluding hydrogens is 214 g/mol. The summed E-state index contributed by atoms with van der Waals surface area (Å²) in [6.45, 7) is 0.690. The van der Waals surface area contributed by atoms with Crippen LogP contribution >= 0.6 is 11.6 Å². The number of aromatic nitrogens is 1. The van der Waals surface area contributed by atoms with E-state index in [1.54, 1.807) is 18.4 Å². The standard InChI is InChI=1S/C11H10ClNO2/c12-10-4-3-8(6-13-10)11(14)9-2-1-5-15-7-9/h3-4,6-7H,1-2,5H2. The summed E-state index contributed by atoms with van der Waals surface area (Å²) < 4.78 is 5.12. The van der Waals surface area contributed by atoms with Gasteiger partial charge in [-0.15, -0.1) is 0 Å². The largest absolute Gasteiger partial charge is 0.501 e. The van der Waals surface area contributed by atoms with Crippen LogP contribution in [0.2, 0.25) is 5.15 Å². The van der Waals surface area contributed by atoms with Crippen LogP contribution in [0.4, 0.5) is 0 Å². The summed E-state index contributed by atoms with van der Waals surface area (Å²) >= 11 is 5.64. The molecule has 0 spiro atoms. The molecule has 0 bridgehead atoms. The van der Waals surface area contributed by atoms with Crippen molar-refractivity contribution in [2.45, 2.75) is 12.8 Å². The molecule has 2 heterocycles. The van der Waals surface area contributed by atoms with Gasteiger partial charge in [0.15, 0.2) is 5.78 Å². The lowest BCUT2D eigenvalue weighted by molar-refractivity contribution is 0.101. The highest BCUT2D eigenvalue weighted by atomic mass is 35.5. The molecule has 0 fully saturated rings. The van der Waals surface area contributed by atoms with E-state index in [0.717, 1.165) is 12.8 Å². The Balaban J connectivity index is 2.20. The molecule has 15 heavy (non-hydrogen) atoms. The number of Topliss-reactive ketones (excluding diaryl/α,β-unsaturated/α-hetero) is 1. The summed E-state index contributed by atoms with van der Waals surface area (Å²) in [5, 5.41) is 0.389. The first-order valence-electron chi connectivity index (χ1n) is 4.74. The Bertz CT molecular complexity index is 398. The molecule has 3 nitrogen and oxygen atoms in total. The van der Waals surface area contributed by atoms with Crippen molar-refractivity contribution in [2.24, 2.45) is 0 Å². The second-order valence-electron chi connectivity index (χ2n) is 3.32. The van der Waals surface area contributed by atoms with E-state index in [1.807, 2.05) is 0 Å². The molecule has 0 aromatic carbocycles. The number of ether oxygens (including phenoxy) is 1. The lowest BCUT2D eigenvalue weighted by Crippen LogP contribution is -2.09. The van der Waals surface area contributed by atoms with Gasteiger partial charge in [0.2, 0.25) is 0 Å². The Morgan fingerprint density at radius 1 is 1.47 bits per heavy atom. The number of halogens is 1. The summed E-state index contributed by atoms with van der Waals surface area (Å²) in [5.74, 6) is -0.0288. The van der Waals surface area contributed by atoms with Crippen LogP contribution in [0, 0.1) is 0 Å². The second-order valence-corrected chi connectivity index (χ2v) is 3.70. The fraction of sp³-hybridized carbons (Fsp3) is 0.273. The summed E-state index contributed by atoms with van der Waals surface area (Å²) in [7, 11) is 0. The molecule has 0 unspecified atom stereocenters. The van der Waals surface area contributed by atoms with Crippen molar-refractivity contribution < 1.29 is 9.53 Å². The summed E-state index contributed by atoms with van der Waals surface area (Å²) in [4.78, 5) is 15.8. The molecule has 0 radical (unpaired) electrons. The average molecular weight is 224 g/mol. The van der Waals surface area contributed by atoms with Gasteiger partial charge in [-0.3, -0.25) is 4.79 Å². The van der Waals surface area contributed by atoms with Crippen LogP contribution in [0.25, 0.3) is 0 Å². The van der Waals surface area contributed by atoms with Gasteiger partial charge in [0, 0.05) is 17.3 Å². The van der Waals surface area contributed by atoms with Crippen molar-refractivity contribution in [3.05, 3.63) is 40.9 Å². The molecule has 1 aliphatic heterocycles. The highest BCUT2D eigenvalue weighted by molar-refractivity contribution is 6.29. The minimum Gasteiger partial charge on any atom is -0.501 e. The Labute approximate surface area is 92.7 Å². The third-order valence-corrected chi connectivity index (χ3v) is 2.44. The van der Waals surface area contributed by atoms with Crippen LogP contribution in [0.15, 0.2) is 30.2 Å². The highest BCUT2D eigenvalue weighted by Crippen LogP contribution is 2.17. The molecule has 1 aromatic rings. The zero-order valence-electron chi connectivity index (χ0n) is 8.07. The fourth-order valence-corrected chi connectivity index (χ4v) is 1.54. The van der Waals surface area contributed by atoms with Gasteiger partial charge in [0.25, 0.3) is 0 Å².